The molecule has 0 aliphatic carbocycles. The summed E-state index contributed by atoms with van der Waals surface area (Å²) in [6.45, 7) is 5.88. The fourth-order valence-corrected chi connectivity index (χ4v) is 3.65. The van der Waals surface area contributed by atoms with E-state index >= 15 is 0 Å². The quantitative estimate of drug-likeness (QED) is 0.698. The molecule has 0 radical (unpaired) electrons. The molecule has 2 aromatic carbocycles. The van der Waals surface area contributed by atoms with Crippen molar-refractivity contribution >= 4 is 33.2 Å². The zero-order valence-electron chi connectivity index (χ0n) is 15.1. The number of nitrogens with one attached hydrogen (secondary N) is 2. The van der Waals surface area contributed by atoms with Crippen LogP contribution in [0.1, 0.15) is 29.5 Å². The third-order valence-corrected chi connectivity index (χ3v) is 5.98. The van der Waals surface area contributed by atoms with E-state index in [1.807, 2.05) is 26.8 Å². The molecule has 7 heteroatoms. The van der Waals surface area contributed by atoms with Crippen LogP contribution in [-0.4, -0.2) is 20.9 Å². The van der Waals surface area contributed by atoms with Crippen molar-refractivity contribution in [2.45, 2.75) is 38.5 Å². The topological polar surface area (TPSA) is 75.3 Å². The maximum Gasteiger partial charge on any atom is 0.240 e. The van der Waals surface area contributed by atoms with Gasteiger partial charge in [-0.05, 0) is 68.1 Å². The van der Waals surface area contributed by atoms with Crippen LogP contribution in [0.4, 0.5) is 5.69 Å². The highest BCUT2D eigenvalue weighted by Crippen LogP contribution is 2.20. The summed E-state index contributed by atoms with van der Waals surface area (Å²) in [5.74, 6) is -0.185. The number of amides is 1. The molecule has 0 fully saturated rings. The van der Waals surface area contributed by atoms with E-state index in [0.29, 0.717) is 17.1 Å². The summed E-state index contributed by atoms with van der Waals surface area (Å²) in [6, 6.07) is 10.3. The molecule has 5 nitrogen and oxygen atoms in total. The Bertz CT molecular complexity index is 911. The number of hydrogen-bond acceptors (Lipinski definition) is 3. The van der Waals surface area contributed by atoms with E-state index in [0.717, 1.165) is 16.7 Å². The summed E-state index contributed by atoms with van der Waals surface area (Å²) >= 11 is 6.03. The van der Waals surface area contributed by atoms with Crippen molar-refractivity contribution in [3.8, 4) is 0 Å². The van der Waals surface area contributed by atoms with Gasteiger partial charge in [-0.3, -0.25) is 4.79 Å². The van der Waals surface area contributed by atoms with Crippen LogP contribution in [0.5, 0.6) is 0 Å². The fourth-order valence-electron chi connectivity index (χ4n) is 2.31. The lowest BCUT2D eigenvalue weighted by atomic mass is 10.1. The van der Waals surface area contributed by atoms with Crippen molar-refractivity contribution in [1.82, 2.24) is 4.72 Å². The number of rotatable bonds is 7. The minimum absolute atomic E-state index is 0.185. The average Bonchev–Trinajstić information content (AvgIpc) is 2.57. The molecule has 0 saturated heterocycles. The van der Waals surface area contributed by atoms with Crippen LogP contribution in [0.25, 0.3) is 0 Å². The third kappa shape index (κ3) is 5.56. The van der Waals surface area contributed by atoms with Crippen molar-refractivity contribution in [3.05, 3.63) is 58.1 Å². The largest absolute Gasteiger partial charge is 0.326 e. The highest BCUT2D eigenvalue weighted by Gasteiger charge is 2.14. The van der Waals surface area contributed by atoms with Crippen LogP contribution >= 0.6 is 11.6 Å². The number of carbonyl (C=O) groups excluding carboxylic acids is 1. The van der Waals surface area contributed by atoms with Crippen molar-refractivity contribution in [3.63, 3.8) is 0 Å². The molecule has 0 spiro atoms. The van der Waals surface area contributed by atoms with Gasteiger partial charge in [0.05, 0.1) is 4.90 Å². The Morgan fingerprint density at radius 1 is 1.00 bits per heavy atom. The zero-order valence-corrected chi connectivity index (χ0v) is 16.7. The van der Waals surface area contributed by atoms with E-state index in [2.05, 4.69) is 10.0 Å². The molecule has 26 heavy (non-hydrogen) atoms. The molecule has 0 saturated carbocycles. The molecule has 0 heterocycles. The number of aryl methyl sites for hydroxylation is 3. The number of benzene rings is 2. The van der Waals surface area contributed by atoms with E-state index in [4.69, 9.17) is 11.6 Å². The molecule has 2 aromatic rings. The second-order valence-electron chi connectivity index (χ2n) is 6.26. The lowest BCUT2D eigenvalue weighted by Gasteiger charge is -2.09. The molecule has 0 aliphatic heterocycles. The number of anilines is 1. The molecule has 0 atom stereocenters. The van der Waals surface area contributed by atoms with Gasteiger partial charge in [-0.2, -0.15) is 0 Å². The Morgan fingerprint density at radius 2 is 1.69 bits per heavy atom. The first-order valence-electron chi connectivity index (χ1n) is 8.32. The molecular formula is C19H23ClN2O3S. The summed E-state index contributed by atoms with van der Waals surface area (Å²) < 4.78 is 27.1. The number of carbonyl (C=O) groups is 1. The highest BCUT2D eigenvalue weighted by atomic mass is 35.5. The van der Waals surface area contributed by atoms with E-state index in [-0.39, 0.29) is 23.8 Å². The van der Waals surface area contributed by atoms with Gasteiger partial charge in [0.25, 0.3) is 0 Å². The first kappa shape index (κ1) is 20.4. The summed E-state index contributed by atoms with van der Waals surface area (Å²) in [5.41, 5.74) is 3.52. The molecule has 0 aromatic heterocycles. The first-order chi connectivity index (χ1) is 12.2. The second kappa shape index (κ2) is 8.66. The number of sulfonamides is 1. The van der Waals surface area contributed by atoms with Gasteiger partial charge >= 0.3 is 0 Å². The molecule has 0 aliphatic rings. The van der Waals surface area contributed by atoms with Crippen LogP contribution in [0.2, 0.25) is 5.02 Å². The molecule has 140 valence electrons. The van der Waals surface area contributed by atoms with Gasteiger partial charge in [-0.1, -0.05) is 23.7 Å². The van der Waals surface area contributed by atoms with Gasteiger partial charge in [0.2, 0.25) is 15.9 Å². The summed E-state index contributed by atoms with van der Waals surface area (Å²) in [6.07, 6.45) is 0.608. The zero-order chi connectivity index (χ0) is 19.3. The summed E-state index contributed by atoms with van der Waals surface area (Å²) in [4.78, 5) is 12.2. The van der Waals surface area contributed by atoms with Crippen molar-refractivity contribution in [1.29, 1.82) is 0 Å². The first-order valence-corrected chi connectivity index (χ1v) is 10.2. The van der Waals surface area contributed by atoms with E-state index in [1.165, 1.54) is 0 Å². The third-order valence-electron chi connectivity index (χ3n) is 4.12. The Hall–Kier alpha value is -1.89. The Morgan fingerprint density at radius 3 is 2.35 bits per heavy atom. The van der Waals surface area contributed by atoms with E-state index < -0.39 is 10.0 Å². The molecular weight excluding hydrogens is 372 g/mol. The van der Waals surface area contributed by atoms with Crippen LogP contribution in [0.3, 0.4) is 0 Å². The highest BCUT2D eigenvalue weighted by molar-refractivity contribution is 7.89. The number of halogens is 1. The van der Waals surface area contributed by atoms with E-state index in [1.54, 1.807) is 30.3 Å². The standard InChI is InChI=1S/C19H23ClN2O3S/c1-13-7-9-17(11-15(13)3)26(24,25)21-10-4-5-19(23)22-16-8-6-14(2)18(20)12-16/h6-9,11-12,21H,4-5,10H2,1-3H3,(H,22,23). The summed E-state index contributed by atoms with van der Waals surface area (Å²) in [5, 5.41) is 3.34. The minimum atomic E-state index is -3.57. The van der Waals surface area contributed by atoms with Crippen molar-refractivity contribution in [2.75, 3.05) is 11.9 Å². The Labute approximate surface area is 159 Å². The molecule has 1 amide bonds. The molecule has 2 N–H and O–H groups in total. The van der Waals surface area contributed by atoms with Gasteiger partial charge in [0.15, 0.2) is 0 Å². The van der Waals surface area contributed by atoms with Gasteiger partial charge in [0, 0.05) is 23.7 Å². The van der Waals surface area contributed by atoms with Crippen LogP contribution in [0, 0.1) is 20.8 Å². The molecule has 0 unspecified atom stereocenters. The van der Waals surface area contributed by atoms with Crippen LogP contribution in [-0.2, 0) is 14.8 Å². The predicted molar refractivity (Wildman–Crippen MR) is 105 cm³/mol. The lowest BCUT2D eigenvalue weighted by molar-refractivity contribution is -0.116. The average molecular weight is 395 g/mol. The Balaban J connectivity index is 1.82. The monoisotopic (exact) mass is 394 g/mol. The summed E-state index contributed by atoms with van der Waals surface area (Å²) in [7, 11) is -3.57. The van der Waals surface area contributed by atoms with Gasteiger partial charge in [-0.25, -0.2) is 13.1 Å². The number of hydrogen-bond donors (Lipinski definition) is 2. The van der Waals surface area contributed by atoms with Gasteiger partial charge < -0.3 is 5.32 Å². The van der Waals surface area contributed by atoms with E-state index in [9.17, 15) is 13.2 Å². The Kier molecular flexibility index (Phi) is 6.81. The lowest BCUT2D eigenvalue weighted by Crippen LogP contribution is -2.26. The van der Waals surface area contributed by atoms with Crippen LogP contribution < -0.4 is 10.0 Å². The second-order valence-corrected chi connectivity index (χ2v) is 8.43. The fraction of sp³-hybridized carbons (Fsp3) is 0.316. The van der Waals surface area contributed by atoms with Crippen molar-refractivity contribution < 1.29 is 13.2 Å². The SMILES string of the molecule is Cc1ccc(S(=O)(=O)NCCCC(=O)Nc2ccc(C)c(Cl)c2)cc1C. The maximum atomic E-state index is 12.3. The van der Waals surface area contributed by atoms with Gasteiger partial charge in [0.1, 0.15) is 0 Å². The molecule has 2 rings (SSSR count). The van der Waals surface area contributed by atoms with Crippen LogP contribution in [0.15, 0.2) is 41.3 Å². The normalized spacial score (nSPS) is 11.4. The minimum Gasteiger partial charge on any atom is -0.326 e. The maximum absolute atomic E-state index is 12.3. The smallest absolute Gasteiger partial charge is 0.240 e. The van der Waals surface area contributed by atoms with Gasteiger partial charge in [-0.15, -0.1) is 0 Å². The molecule has 0 bridgehead atoms. The van der Waals surface area contributed by atoms with Crippen molar-refractivity contribution in [2.24, 2.45) is 0 Å². The predicted octanol–water partition coefficient (Wildman–Crippen LogP) is 3.96.